The lowest BCUT2D eigenvalue weighted by Gasteiger charge is -2.56. The van der Waals surface area contributed by atoms with Crippen LogP contribution in [0.1, 0.15) is 67.2 Å². The third-order valence-corrected chi connectivity index (χ3v) is 7.17. The predicted octanol–water partition coefficient (Wildman–Crippen LogP) is 3.91. The van der Waals surface area contributed by atoms with Gasteiger partial charge in [0.2, 0.25) is 0 Å². The quantitative estimate of drug-likeness (QED) is 0.760. The number of benzene rings is 1. The normalized spacial score (nSPS) is 37.3. The zero-order chi connectivity index (χ0) is 13.9. The molecule has 5 rings (SSSR count). The van der Waals surface area contributed by atoms with Gasteiger partial charge in [-0.15, -0.1) is 0 Å². The highest BCUT2D eigenvalue weighted by molar-refractivity contribution is 5.49. The maximum absolute atomic E-state index is 3.89. The summed E-state index contributed by atoms with van der Waals surface area (Å²) in [6.07, 6.45) is 14.1. The van der Waals surface area contributed by atoms with E-state index in [4.69, 9.17) is 0 Å². The molecule has 2 bridgehead atoms. The lowest BCUT2D eigenvalue weighted by molar-refractivity contribution is 0.0793. The number of piperidine rings is 1. The SMILES string of the molecule is c1cc2c(c3c1CCCC3)C[C@H]1NCC[C@@]23CCCC[C@@H]13. The van der Waals surface area contributed by atoms with Crippen molar-refractivity contribution in [1.29, 1.82) is 0 Å². The predicted molar refractivity (Wildman–Crippen MR) is 86.8 cm³/mol. The molecule has 1 aliphatic heterocycles. The van der Waals surface area contributed by atoms with Gasteiger partial charge in [0.25, 0.3) is 0 Å². The molecule has 2 fully saturated rings. The van der Waals surface area contributed by atoms with Crippen molar-refractivity contribution in [1.82, 2.24) is 5.32 Å². The average Bonchev–Trinajstić information content (AvgIpc) is 2.54. The molecule has 4 aliphatic rings. The maximum atomic E-state index is 3.89. The van der Waals surface area contributed by atoms with Gasteiger partial charge < -0.3 is 5.32 Å². The summed E-state index contributed by atoms with van der Waals surface area (Å²) < 4.78 is 0. The van der Waals surface area contributed by atoms with Crippen LogP contribution in [0, 0.1) is 5.92 Å². The largest absolute Gasteiger partial charge is 0.313 e. The molecule has 0 amide bonds. The fraction of sp³-hybridized carbons (Fsp3) is 0.700. The molecule has 1 nitrogen and oxygen atoms in total. The van der Waals surface area contributed by atoms with Crippen LogP contribution in [-0.4, -0.2) is 12.6 Å². The van der Waals surface area contributed by atoms with Crippen molar-refractivity contribution < 1.29 is 0 Å². The van der Waals surface area contributed by atoms with Crippen molar-refractivity contribution >= 4 is 0 Å². The Balaban J connectivity index is 1.71. The first-order chi connectivity index (χ1) is 10.4. The molecule has 1 heteroatoms. The van der Waals surface area contributed by atoms with Gasteiger partial charge in [0.05, 0.1) is 0 Å². The smallest absolute Gasteiger partial charge is 0.0144 e. The summed E-state index contributed by atoms with van der Waals surface area (Å²) in [5, 5.41) is 3.89. The summed E-state index contributed by atoms with van der Waals surface area (Å²) >= 11 is 0. The first-order valence-electron chi connectivity index (χ1n) is 9.26. The van der Waals surface area contributed by atoms with Gasteiger partial charge in [-0.25, -0.2) is 0 Å². The van der Waals surface area contributed by atoms with Crippen molar-refractivity contribution in [2.75, 3.05) is 6.54 Å². The van der Waals surface area contributed by atoms with E-state index in [1.165, 1.54) is 70.8 Å². The highest BCUT2D eigenvalue weighted by Gasteiger charge is 2.51. The third-order valence-electron chi connectivity index (χ3n) is 7.17. The van der Waals surface area contributed by atoms with E-state index in [9.17, 15) is 0 Å². The third kappa shape index (κ3) is 1.67. The molecule has 112 valence electrons. The minimum absolute atomic E-state index is 0.550. The number of aryl methyl sites for hydroxylation is 1. The Morgan fingerprint density at radius 1 is 0.952 bits per heavy atom. The summed E-state index contributed by atoms with van der Waals surface area (Å²) in [6.45, 7) is 1.25. The van der Waals surface area contributed by atoms with E-state index in [-0.39, 0.29) is 0 Å². The molecule has 3 aliphatic carbocycles. The van der Waals surface area contributed by atoms with Gasteiger partial charge in [0.1, 0.15) is 0 Å². The maximum Gasteiger partial charge on any atom is 0.0144 e. The number of hydrogen-bond acceptors (Lipinski definition) is 1. The van der Waals surface area contributed by atoms with Crippen LogP contribution >= 0.6 is 0 Å². The van der Waals surface area contributed by atoms with Crippen molar-refractivity contribution in [3.05, 3.63) is 34.4 Å². The number of nitrogens with one attached hydrogen (secondary N) is 1. The molecule has 3 atom stereocenters. The van der Waals surface area contributed by atoms with Crippen LogP contribution in [0.2, 0.25) is 0 Å². The Kier molecular flexibility index (Phi) is 2.77. The molecule has 1 saturated carbocycles. The first kappa shape index (κ1) is 12.7. The molecule has 0 unspecified atom stereocenters. The van der Waals surface area contributed by atoms with Crippen molar-refractivity contribution in [2.24, 2.45) is 5.92 Å². The van der Waals surface area contributed by atoms with Crippen LogP contribution in [-0.2, 0) is 24.7 Å². The van der Waals surface area contributed by atoms with Crippen molar-refractivity contribution in [3.63, 3.8) is 0 Å². The van der Waals surface area contributed by atoms with E-state index in [1.54, 1.807) is 22.3 Å². The Morgan fingerprint density at radius 2 is 1.90 bits per heavy atom. The lowest BCUT2D eigenvalue weighted by Crippen LogP contribution is -2.59. The second-order valence-electron chi connectivity index (χ2n) is 7.96. The zero-order valence-electron chi connectivity index (χ0n) is 13.1. The average molecular weight is 281 g/mol. The van der Waals surface area contributed by atoms with Gasteiger partial charge in [-0.1, -0.05) is 25.0 Å². The van der Waals surface area contributed by atoms with Gasteiger partial charge in [-0.2, -0.15) is 0 Å². The second-order valence-corrected chi connectivity index (χ2v) is 7.96. The van der Waals surface area contributed by atoms with E-state index in [2.05, 4.69) is 17.4 Å². The molecule has 0 aromatic heterocycles. The summed E-state index contributed by atoms with van der Waals surface area (Å²) in [7, 11) is 0. The number of fused-ring (bicyclic) bond motifs is 3. The van der Waals surface area contributed by atoms with Crippen LogP contribution in [0.5, 0.6) is 0 Å². The molecular weight excluding hydrogens is 254 g/mol. The molecule has 1 heterocycles. The summed E-state index contributed by atoms with van der Waals surface area (Å²) in [4.78, 5) is 0. The Labute approximate surface area is 128 Å². The Bertz CT molecular complexity index is 571. The van der Waals surface area contributed by atoms with Gasteiger partial charge >= 0.3 is 0 Å². The molecule has 0 spiro atoms. The molecule has 1 aromatic carbocycles. The van der Waals surface area contributed by atoms with E-state index in [0.29, 0.717) is 5.41 Å². The van der Waals surface area contributed by atoms with Gasteiger partial charge in [0, 0.05) is 11.5 Å². The number of rotatable bonds is 0. The minimum atomic E-state index is 0.550. The van der Waals surface area contributed by atoms with Crippen molar-refractivity contribution in [3.8, 4) is 0 Å². The van der Waals surface area contributed by atoms with E-state index >= 15 is 0 Å². The second kappa shape index (κ2) is 4.59. The Morgan fingerprint density at radius 3 is 2.90 bits per heavy atom. The van der Waals surface area contributed by atoms with Crippen molar-refractivity contribution in [2.45, 2.75) is 75.7 Å². The van der Waals surface area contributed by atoms with E-state index < -0.39 is 0 Å². The lowest BCUT2D eigenvalue weighted by atomic mass is 9.52. The van der Waals surface area contributed by atoms with Crippen LogP contribution in [0.3, 0.4) is 0 Å². The van der Waals surface area contributed by atoms with Gasteiger partial charge in [-0.05, 0) is 86.1 Å². The van der Waals surface area contributed by atoms with Gasteiger partial charge in [0.15, 0.2) is 0 Å². The molecule has 21 heavy (non-hydrogen) atoms. The zero-order valence-corrected chi connectivity index (χ0v) is 13.1. The summed E-state index contributed by atoms with van der Waals surface area (Å²) in [5.74, 6) is 0.925. The summed E-state index contributed by atoms with van der Waals surface area (Å²) in [6, 6.07) is 5.86. The standard InChI is InChI=1S/C20H27N/c1-2-6-15-14(5-1)8-9-17-16(15)13-19-18-7-3-4-10-20(17,18)11-12-21-19/h8-9,18-19,21H,1-7,10-13H2/t18-,19+,20-/m0/s1. The highest BCUT2D eigenvalue weighted by atomic mass is 15.0. The van der Waals surface area contributed by atoms with E-state index in [0.717, 1.165) is 12.0 Å². The molecule has 0 radical (unpaired) electrons. The van der Waals surface area contributed by atoms with Crippen LogP contribution in [0.4, 0.5) is 0 Å². The van der Waals surface area contributed by atoms with E-state index in [1.807, 2.05) is 0 Å². The fourth-order valence-corrected chi connectivity index (χ4v) is 6.29. The van der Waals surface area contributed by atoms with Gasteiger partial charge in [-0.3, -0.25) is 0 Å². The molecular formula is C20H27N. The van der Waals surface area contributed by atoms with Crippen LogP contribution in [0.25, 0.3) is 0 Å². The highest BCUT2D eigenvalue weighted by Crippen LogP contribution is 2.54. The summed E-state index contributed by atoms with van der Waals surface area (Å²) in [5.41, 5.74) is 7.60. The monoisotopic (exact) mass is 281 g/mol. The number of hydrogen-bond donors (Lipinski definition) is 1. The minimum Gasteiger partial charge on any atom is -0.313 e. The van der Waals surface area contributed by atoms with Crippen LogP contribution < -0.4 is 5.32 Å². The molecule has 1 aromatic rings. The molecule has 1 saturated heterocycles. The first-order valence-corrected chi connectivity index (χ1v) is 9.26. The topological polar surface area (TPSA) is 12.0 Å². The van der Waals surface area contributed by atoms with Crippen LogP contribution in [0.15, 0.2) is 12.1 Å². The fourth-order valence-electron chi connectivity index (χ4n) is 6.29. The molecule has 1 N–H and O–H groups in total. The Hall–Kier alpha value is -0.820.